The lowest BCUT2D eigenvalue weighted by molar-refractivity contribution is 0.499. The lowest BCUT2D eigenvalue weighted by Crippen LogP contribution is -2.20. The van der Waals surface area contributed by atoms with Gasteiger partial charge in [0, 0.05) is 6.54 Å². The van der Waals surface area contributed by atoms with Gasteiger partial charge in [0.1, 0.15) is 5.82 Å². The topological polar surface area (TPSA) is 12.0 Å². The molecule has 0 spiro atoms. The van der Waals surface area contributed by atoms with Crippen LogP contribution in [0.1, 0.15) is 25.8 Å². The van der Waals surface area contributed by atoms with Crippen LogP contribution in [0, 0.1) is 11.7 Å². The van der Waals surface area contributed by atoms with Crippen LogP contribution in [0.5, 0.6) is 0 Å². The van der Waals surface area contributed by atoms with Gasteiger partial charge in [-0.15, -0.1) is 0 Å². The van der Waals surface area contributed by atoms with Crippen molar-refractivity contribution in [3.05, 3.63) is 35.6 Å². The van der Waals surface area contributed by atoms with E-state index >= 15 is 0 Å². The molecule has 0 unspecified atom stereocenters. The van der Waals surface area contributed by atoms with Crippen molar-refractivity contribution in [1.82, 2.24) is 5.32 Å². The third-order valence-electron chi connectivity index (χ3n) is 2.41. The van der Waals surface area contributed by atoms with E-state index in [4.69, 9.17) is 0 Å². The minimum Gasteiger partial charge on any atom is -0.312 e. The molecule has 0 aliphatic heterocycles. The molecule has 0 fully saturated rings. The summed E-state index contributed by atoms with van der Waals surface area (Å²) in [7, 11) is 0. The molecule has 0 bridgehead atoms. The Morgan fingerprint density at radius 1 is 1.43 bits per heavy atom. The molecular weight excluding hydrogens is 177 g/mol. The minimum absolute atomic E-state index is 0.159. The molecule has 0 saturated heterocycles. The molecule has 14 heavy (non-hydrogen) atoms. The molecule has 78 valence electrons. The summed E-state index contributed by atoms with van der Waals surface area (Å²) in [6, 6.07) is 6.73. The van der Waals surface area contributed by atoms with Crippen LogP contribution < -0.4 is 5.32 Å². The maximum absolute atomic E-state index is 12.8. The molecule has 1 rings (SSSR count). The predicted molar refractivity (Wildman–Crippen MR) is 57.6 cm³/mol. The van der Waals surface area contributed by atoms with Crippen LogP contribution in [-0.4, -0.2) is 6.54 Å². The first-order valence-electron chi connectivity index (χ1n) is 5.17. The van der Waals surface area contributed by atoms with Gasteiger partial charge in [0.2, 0.25) is 0 Å². The summed E-state index contributed by atoms with van der Waals surface area (Å²) in [5.74, 6) is 0.524. The van der Waals surface area contributed by atoms with Gasteiger partial charge in [-0.1, -0.05) is 32.4 Å². The summed E-state index contributed by atoms with van der Waals surface area (Å²) in [6.07, 6.45) is 1.18. The molecule has 0 aliphatic carbocycles. The summed E-state index contributed by atoms with van der Waals surface area (Å²) in [5, 5.41) is 3.31. The zero-order chi connectivity index (χ0) is 10.4. The fourth-order valence-corrected chi connectivity index (χ4v) is 1.25. The van der Waals surface area contributed by atoms with Gasteiger partial charge in [0.15, 0.2) is 0 Å². The Morgan fingerprint density at radius 2 is 2.21 bits per heavy atom. The van der Waals surface area contributed by atoms with Crippen molar-refractivity contribution in [3.8, 4) is 0 Å². The highest BCUT2D eigenvalue weighted by molar-refractivity contribution is 5.15. The van der Waals surface area contributed by atoms with Crippen molar-refractivity contribution >= 4 is 0 Å². The van der Waals surface area contributed by atoms with Gasteiger partial charge < -0.3 is 5.32 Å². The van der Waals surface area contributed by atoms with Crippen LogP contribution in [0.4, 0.5) is 4.39 Å². The lowest BCUT2D eigenvalue weighted by atomic mass is 10.1. The van der Waals surface area contributed by atoms with Crippen LogP contribution in [0.25, 0.3) is 0 Å². The molecule has 1 aromatic rings. The standard InChI is InChI=1S/C12H18FN/c1-3-10(2)8-14-9-11-5-4-6-12(13)7-11/h4-7,10,14H,3,8-9H2,1-2H3/t10-/m0/s1. The average molecular weight is 195 g/mol. The molecule has 0 amide bonds. The molecule has 1 N–H and O–H groups in total. The van der Waals surface area contributed by atoms with E-state index in [1.807, 2.05) is 6.07 Å². The Hall–Kier alpha value is -0.890. The van der Waals surface area contributed by atoms with Crippen LogP contribution in [-0.2, 0) is 6.54 Å². The highest BCUT2D eigenvalue weighted by Gasteiger charge is 1.98. The van der Waals surface area contributed by atoms with Crippen molar-refractivity contribution in [3.63, 3.8) is 0 Å². The Kier molecular flexibility index (Phi) is 4.60. The second-order valence-corrected chi connectivity index (χ2v) is 3.77. The largest absolute Gasteiger partial charge is 0.312 e. The van der Waals surface area contributed by atoms with E-state index in [0.717, 1.165) is 18.7 Å². The van der Waals surface area contributed by atoms with Gasteiger partial charge >= 0.3 is 0 Å². The van der Waals surface area contributed by atoms with E-state index < -0.39 is 0 Å². The summed E-state index contributed by atoms with van der Waals surface area (Å²) in [6.45, 7) is 6.13. The molecule has 0 heterocycles. The third kappa shape index (κ3) is 3.88. The van der Waals surface area contributed by atoms with E-state index in [0.29, 0.717) is 5.92 Å². The first-order valence-corrected chi connectivity index (χ1v) is 5.17. The van der Waals surface area contributed by atoms with Gasteiger partial charge in [-0.2, -0.15) is 0 Å². The zero-order valence-electron chi connectivity index (χ0n) is 8.89. The Bertz CT molecular complexity index is 273. The van der Waals surface area contributed by atoms with Crippen LogP contribution in [0.15, 0.2) is 24.3 Å². The van der Waals surface area contributed by atoms with E-state index in [1.165, 1.54) is 12.5 Å². The van der Waals surface area contributed by atoms with Crippen LogP contribution in [0.3, 0.4) is 0 Å². The third-order valence-corrected chi connectivity index (χ3v) is 2.41. The van der Waals surface area contributed by atoms with E-state index in [2.05, 4.69) is 19.2 Å². The number of nitrogens with one attached hydrogen (secondary N) is 1. The minimum atomic E-state index is -0.159. The Labute approximate surface area is 85.3 Å². The van der Waals surface area contributed by atoms with Crippen LogP contribution >= 0.6 is 0 Å². The summed E-state index contributed by atoms with van der Waals surface area (Å²) in [4.78, 5) is 0. The van der Waals surface area contributed by atoms with Gasteiger partial charge in [0.25, 0.3) is 0 Å². The smallest absolute Gasteiger partial charge is 0.123 e. The molecule has 2 heteroatoms. The monoisotopic (exact) mass is 195 g/mol. The molecule has 1 nitrogen and oxygen atoms in total. The second-order valence-electron chi connectivity index (χ2n) is 3.77. The molecule has 1 aromatic carbocycles. The normalized spacial score (nSPS) is 12.8. The average Bonchev–Trinajstić information content (AvgIpc) is 2.17. The van der Waals surface area contributed by atoms with Gasteiger partial charge in [0.05, 0.1) is 0 Å². The second kappa shape index (κ2) is 5.76. The molecule has 0 aromatic heterocycles. The van der Waals surface area contributed by atoms with Crippen molar-refractivity contribution < 1.29 is 4.39 Å². The van der Waals surface area contributed by atoms with E-state index in [9.17, 15) is 4.39 Å². The lowest BCUT2D eigenvalue weighted by Gasteiger charge is -2.09. The van der Waals surface area contributed by atoms with Crippen molar-refractivity contribution in [2.24, 2.45) is 5.92 Å². The van der Waals surface area contributed by atoms with E-state index in [-0.39, 0.29) is 5.82 Å². The first kappa shape index (κ1) is 11.2. The molecule has 0 radical (unpaired) electrons. The van der Waals surface area contributed by atoms with Gasteiger partial charge in [-0.05, 0) is 30.2 Å². The number of halogens is 1. The Morgan fingerprint density at radius 3 is 2.86 bits per heavy atom. The molecule has 0 saturated carbocycles. The number of rotatable bonds is 5. The molecule has 1 atom stereocenters. The van der Waals surface area contributed by atoms with Crippen molar-refractivity contribution in [2.75, 3.05) is 6.54 Å². The van der Waals surface area contributed by atoms with Crippen molar-refractivity contribution in [1.29, 1.82) is 0 Å². The van der Waals surface area contributed by atoms with Crippen LogP contribution in [0.2, 0.25) is 0 Å². The quantitative estimate of drug-likeness (QED) is 0.761. The highest BCUT2D eigenvalue weighted by atomic mass is 19.1. The maximum atomic E-state index is 12.8. The number of hydrogen-bond acceptors (Lipinski definition) is 1. The fourth-order valence-electron chi connectivity index (χ4n) is 1.25. The highest BCUT2D eigenvalue weighted by Crippen LogP contribution is 2.03. The zero-order valence-corrected chi connectivity index (χ0v) is 8.89. The van der Waals surface area contributed by atoms with Crippen molar-refractivity contribution in [2.45, 2.75) is 26.8 Å². The fraction of sp³-hybridized carbons (Fsp3) is 0.500. The number of benzene rings is 1. The van der Waals surface area contributed by atoms with E-state index in [1.54, 1.807) is 12.1 Å². The SMILES string of the molecule is CC[C@H](C)CNCc1cccc(F)c1. The first-order chi connectivity index (χ1) is 6.72. The maximum Gasteiger partial charge on any atom is 0.123 e. The summed E-state index contributed by atoms with van der Waals surface area (Å²) in [5.41, 5.74) is 1.01. The number of hydrogen-bond donors (Lipinski definition) is 1. The summed E-state index contributed by atoms with van der Waals surface area (Å²) < 4.78 is 12.8. The van der Waals surface area contributed by atoms with Gasteiger partial charge in [-0.25, -0.2) is 4.39 Å². The molecule has 0 aliphatic rings. The molecular formula is C12H18FN. The Balaban J connectivity index is 2.31. The predicted octanol–water partition coefficient (Wildman–Crippen LogP) is 2.96. The van der Waals surface area contributed by atoms with Gasteiger partial charge in [-0.3, -0.25) is 0 Å². The summed E-state index contributed by atoms with van der Waals surface area (Å²) >= 11 is 0.